The van der Waals surface area contributed by atoms with Crippen LogP contribution in [0.25, 0.3) is 0 Å². The molecular weight excluding hydrogens is 184 g/mol. The van der Waals surface area contributed by atoms with Gasteiger partial charge in [0.15, 0.2) is 0 Å². The van der Waals surface area contributed by atoms with E-state index in [2.05, 4.69) is 38.0 Å². The van der Waals surface area contributed by atoms with Gasteiger partial charge in [0.05, 0.1) is 0 Å². The second kappa shape index (κ2) is 6.49. The van der Waals surface area contributed by atoms with Gasteiger partial charge in [-0.25, -0.2) is 0 Å². The van der Waals surface area contributed by atoms with Crippen LogP contribution in [0.15, 0.2) is 0 Å². The third-order valence-corrected chi connectivity index (χ3v) is 3.78. The Hall–Kier alpha value is -0.0800. The number of hydrogen-bond donors (Lipinski definition) is 1. The monoisotopic (exact) mass is 212 g/mol. The molecule has 1 heterocycles. The van der Waals surface area contributed by atoms with Crippen molar-refractivity contribution in [3.63, 3.8) is 0 Å². The highest BCUT2D eigenvalue weighted by Gasteiger charge is 2.28. The maximum atomic E-state index is 3.33. The average molecular weight is 212 g/mol. The van der Waals surface area contributed by atoms with E-state index in [1.54, 1.807) is 0 Å². The maximum Gasteiger partial charge on any atom is 0.0220 e. The van der Waals surface area contributed by atoms with Gasteiger partial charge in [0.1, 0.15) is 0 Å². The smallest absolute Gasteiger partial charge is 0.0220 e. The fraction of sp³-hybridized carbons (Fsp3) is 1.00. The highest BCUT2D eigenvalue weighted by molar-refractivity contribution is 4.83. The lowest BCUT2D eigenvalue weighted by atomic mass is 9.95. The van der Waals surface area contributed by atoms with Crippen LogP contribution in [-0.4, -0.2) is 37.6 Å². The van der Waals surface area contributed by atoms with Crippen molar-refractivity contribution in [2.45, 2.75) is 46.1 Å². The van der Waals surface area contributed by atoms with Crippen LogP contribution < -0.4 is 5.32 Å². The Morgan fingerprint density at radius 1 is 1.40 bits per heavy atom. The fourth-order valence-electron chi connectivity index (χ4n) is 2.67. The number of nitrogens with zero attached hydrogens (tertiary/aromatic N) is 1. The van der Waals surface area contributed by atoms with Gasteiger partial charge in [-0.1, -0.05) is 27.2 Å². The number of rotatable bonds is 6. The van der Waals surface area contributed by atoms with Gasteiger partial charge in [0, 0.05) is 19.1 Å². The molecule has 0 saturated carbocycles. The molecule has 0 aromatic rings. The van der Waals surface area contributed by atoms with Gasteiger partial charge >= 0.3 is 0 Å². The summed E-state index contributed by atoms with van der Waals surface area (Å²) in [4.78, 5) is 2.70. The summed E-state index contributed by atoms with van der Waals surface area (Å²) in [5.41, 5.74) is 0. The summed E-state index contributed by atoms with van der Waals surface area (Å²) in [7, 11) is 2.07. The van der Waals surface area contributed by atoms with E-state index < -0.39 is 0 Å². The normalized spacial score (nSPS) is 25.0. The first-order valence-corrected chi connectivity index (χ1v) is 6.57. The van der Waals surface area contributed by atoms with Crippen molar-refractivity contribution in [2.24, 2.45) is 11.8 Å². The molecule has 0 spiro atoms. The number of hydrogen-bond acceptors (Lipinski definition) is 2. The van der Waals surface area contributed by atoms with Crippen LogP contribution in [0.5, 0.6) is 0 Å². The van der Waals surface area contributed by atoms with Crippen LogP contribution in [0.1, 0.15) is 40.0 Å². The van der Waals surface area contributed by atoms with E-state index in [1.165, 1.54) is 32.4 Å². The molecule has 2 heteroatoms. The molecule has 1 saturated heterocycles. The minimum Gasteiger partial charge on any atom is -0.318 e. The fourth-order valence-corrected chi connectivity index (χ4v) is 2.67. The number of likely N-dealkylation sites (N-methyl/N-ethyl adjacent to an activating group) is 1. The molecule has 2 nitrogen and oxygen atoms in total. The van der Waals surface area contributed by atoms with Crippen molar-refractivity contribution >= 4 is 0 Å². The second-order valence-corrected chi connectivity index (χ2v) is 5.29. The second-order valence-electron chi connectivity index (χ2n) is 5.29. The van der Waals surface area contributed by atoms with E-state index in [0.717, 1.165) is 24.4 Å². The minimum atomic E-state index is 0.767. The predicted molar refractivity (Wildman–Crippen MR) is 67.1 cm³/mol. The third kappa shape index (κ3) is 3.76. The zero-order chi connectivity index (χ0) is 11.3. The molecule has 1 aliphatic heterocycles. The SMILES string of the molecule is CCCC(CNC)N1CCC(C(C)C)C1. The molecule has 0 bridgehead atoms. The minimum absolute atomic E-state index is 0.767. The molecule has 2 atom stereocenters. The first kappa shape index (κ1) is 13.0. The number of likely N-dealkylation sites (tertiary alicyclic amines) is 1. The topological polar surface area (TPSA) is 15.3 Å². The largest absolute Gasteiger partial charge is 0.318 e. The van der Waals surface area contributed by atoms with Crippen LogP contribution in [-0.2, 0) is 0 Å². The molecule has 1 fully saturated rings. The Morgan fingerprint density at radius 2 is 2.13 bits per heavy atom. The zero-order valence-electron chi connectivity index (χ0n) is 10.9. The van der Waals surface area contributed by atoms with Gasteiger partial charge in [-0.3, -0.25) is 4.90 Å². The molecule has 15 heavy (non-hydrogen) atoms. The molecular formula is C13H28N2. The molecule has 0 aromatic heterocycles. The van der Waals surface area contributed by atoms with Crippen molar-refractivity contribution in [3.8, 4) is 0 Å². The van der Waals surface area contributed by atoms with Gasteiger partial charge < -0.3 is 5.32 Å². The van der Waals surface area contributed by atoms with Crippen LogP contribution in [0.3, 0.4) is 0 Å². The third-order valence-electron chi connectivity index (χ3n) is 3.78. The van der Waals surface area contributed by atoms with Crippen LogP contribution in [0.2, 0.25) is 0 Å². The van der Waals surface area contributed by atoms with Crippen LogP contribution in [0, 0.1) is 11.8 Å². The Balaban J connectivity index is 2.41. The highest BCUT2D eigenvalue weighted by Crippen LogP contribution is 2.26. The Bertz CT molecular complexity index is 162. The molecule has 90 valence electrons. The lowest BCUT2D eigenvalue weighted by Crippen LogP contribution is -2.40. The number of nitrogens with one attached hydrogen (secondary N) is 1. The maximum absolute atomic E-state index is 3.33. The quantitative estimate of drug-likeness (QED) is 0.727. The van der Waals surface area contributed by atoms with E-state index in [9.17, 15) is 0 Å². The van der Waals surface area contributed by atoms with Crippen molar-refractivity contribution in [2.75, 3.05) is 26.7 Å². The lowest BCUT2D eigenvalue weighted by Gasteiger charge is -2.28. The summed E-state index contributed by atoms with van der Waals surface area (Å²) in [6, 6.07) is 0.767. The molecule has 0 amide bonds. The van der Waals surface area contributed by atoms with Crippen molar-refractivity contribution < 1.29 is 0 Å². The highest BCUT2D eigenvalue weighted by atomic mass is 15.2. The molecule has 1 N–H and O–H groups in total. The van der Waals surface area contributed by atoms with Crippen LogP contribution >= 0.6 is 0 Å². The van der Waals surface area contributed by atoms with Gasteiger partial charge in [-0.15, -0.1) is 0 Å². The van der Waals surface area contributed by atoms with Gasteiger partial charge in [-0.05, 0) is 38.3 Å². The van der Waals surface area contributed by atoms with E-state index >= 15 is 0 Å². The Morgan fingerprint density at radius 3 is 2.60 bits per heavy atom. The van der Waals surface area contributed by atoms with Crippen LogP contribution in [0.4, 0.5) is 0 Å². The predicted octanol–water partition coefficient (Wildman–Crippen LogP) is 2.35. The summed E-state index contributed by atoms with van der Waals surface area (Å²) in [6.07, 6.45) is 4.04. The van der Waals surface area contributed by atoms with Gasteiger partial charge in [0.25, 0.3) is 0 Å². The van der Waals surface area contributed by atoms with Gasteiger partial charge in [0.2, 0.25) is 0 Å². The van der Waals surface area contributed by atoms with Gasteiger partial charge in [-0.2, -0.15) is 0 Å². The molecule has 2 unspecified atom stereocenters. The van der Waals surface area contributed by atoms with Crippen molar-refractivity contribution in [3.05, 3.63) is 0 Å². The summed E-state index contributed by atoms with van der Waals surface area (Å²) in [5.74, 6) is 1.79. The first-order valence-electron chi connectivity index (χ1n) is 6.57. The molecule has 0 radical (unpaired) electrons. The summed E-state index contributed by atoms with van der Waals surface area (Å²) >= 11 is 0. The van der Waals surface area contributed by atoms with E-state index in [0.29, 0.717) is 0 Å². The first-order chi connectivity index (χ1) is 7.19. The average Bonchev–Trinajstić information content (AvgIpc) is 2.66. The molecule has 1 rings (SSSR count). The summed E-state index contributed by atoms with van der Waals surface area (Å²) < 4.78 is 0. The lowest BCUT2D eigenvalue weighted by molar-refractivity contribution is 0.211. The van der Waals surface area contributed by atoms with Crippen molar-refractivity contribution in [1.29, 1.82) is 0 Å². The van der Waals surface area contributed by atoms with E-state index in [4.69, 9.17) is 0 Å². The zero-order valence-corrected chi connectivity index (χ0v) is 10.9. The van der Waals surface area contributed by atoms with E-state index in [-0.39, 0.29) is 0 Å². The molecule has 0 aromatic carbocycles. The van der Waals surface area contributed by atoms with E-state index in [1.807, 2.05) is 0 Å². The summed E-state index contributed by atoms with van der Waals surface area (Å²) in [6.45, 7) is 10.8. The Labute approximate surface area is 95.4 Å². The molecule has 0 aliphatic carbocycles. The Kier molecular flexibility index (Phi) is 5.62. The standard InChI is InChI=1S/C13H28N2/c1-5-6-13(9-14-4)15-8-7-12(10-15)11(2)3/h11-14H,5-10H2,1-4H3. The molecule has 1 aliphatic rings. The summed E-state index contributed by atoms with van der Waals surface area (Å²) in [5, 5.41) is 3.33. The van der Waals surface area contributed by atoms with Crippen molar-refractivity contribution in [1.82, 2.24) is 10.2 Å².